The first kappa shape index (κ1) is 18.1. The number of benzene rings is 1. The van der Waals surface area contributed by atoms with Gasteiger partial charge in [-0.3, -0.25) is 9.59 Å². The van der Waals surface area contributed by atoms with Gasteiger partial charge in [-0.05, 0) is 26.0 Å². The highest BCUT2D eigenvalue weighted by Crippen LogP contribution is 2.09. The fraction of sp³-hybridized carbons (Fsp3) is 0.429. The number of amides is 2. The molecule has 3 N–H and O–H groups in total. The summed E-state index contributed by atoms with van der Waals surface area (Å²) in [6.45, 7) is 3.99. The lowest BCUT2D eigenvalue weighted by molar-refractivity contribution is -0.125. The summed E-state index contributed by atoms with van der Waals surface area (Å²) in [5, 5.41) is 4.96. The first-order valence-corrected chi connectivity index (χ1v) is 8.43. The molecule has 0 saturated carbocycles. The van der Waals surface area contributed by atoms with Crippen LogP contribution in [0.2, 0.25) is 0 Å². The molecule has 0 aliphatic carbocycles. The molecule has 0 aromatic heterocycles. The Morgan fingerprint density at radius 1 is 1.05 bits per heavy atom. The molecular weight excluding hydrogens is 306 g/mol. The molecule has 0 spiro atoms. The third kappa shape index (κ3) is 6.23. The van der Waals surface area contributed by atoms with E-state index in [4.69, 9.17) is 0 Å². The maximum absolute atomic E-state index is 12.0. The molecule has 0 aliphatic rings. The number of sulfonamides is 1. The molecule has 1 aromatic rings. The summed E-state index contributed by atoms with van der Waals surface area (Å²) < 4.78 is 26.3. The summed E-state index contributed by atoms with van der Waals surface area (Å²) in [5.41, 5.74) is 0.962. The molecule has 8 heteroatoms. The minimum absolute atomic E-state index is 0.0303. The first-order valence-electron chi connectivity index (χ1n) is 6.95. The Bertz CT molecular complexity index is 611. The number of nitrogens with one attached hydrogen (secondary N) is 3. The second-order valence-electron chi connectivity index (χ2n) is 4.69. The highest BCUT2D eigenvalue weighted by molar-refractivity contribution is 7.89. The van der Waals surface area contributed by atoms with E-state index in [1.165, 1.54) is 12.1 Å². The molecule has 2 amide bonds. The van der Waals surface area contributed by atoms with Crippen LogP contribution in [-0.4, -0.2) is 39.9 Å². The molecule has 22 heavy (non-hydrogen) atoms. The van der Waals surface area contributed by atoms with Crippen molar-refractivity contribution < 1.29 is 18.0 Å². The third-order valence-electron chi connectivity index (χ3n) is 2.80. The summed E-state index contributed by atoms with van der Waals surface area (Å²) in [5.74, 6) is -0.672. The Hall–Kier alpha value is -1.93. The van der Waals surface area contributed by atoms with Crippen LogP contribution >= 0.6 is 0 Å². The van der Waals surface area contributed by atoms with E-state index < -0.39 is 15.9 Å². The number of hydrogen-bond donors (Lipinski definition) is 3. The standard InChI is InChI=1S/C14H21N3O4S/c1-3-15-14(19)10-16-13(18)8-9-17-22(20,21)12-6-4-11(2)5-7-12/h4-7,17H,3,8-10H2,1-2H3,(H,15,19)(H,16,18). The molecule has 0 saturated heterocycles. The normalized spacial score (nSPS) is 11.0. The van der Waals surface area contributed by atoms with Gasteiger partial charge in [0.15, 0.2) is 0 Å². The van der Waals surface area contributed by atoms with Crippen LogP contribution in [0, 0.1) is 6.92 Å². The van der Waals surface area contributed by atoms with Gasteiger partial charge in [-0.1, -0.05) is 17.7 Å². The van der Waals surface area contributed by atoms with Crippen LogP contribution in [0.15, 0.2) is 29.2 Å². The van der Waals surface area contributed by atoms with Crippen LogP contribution in [0.5, 0.6) is 0 Å². The van der Waals surface area contributed by atoms with Crippen molar-refractivity contribution in [2.24, 2.45) is 0 Å². The lowest BCUT2D eigenvalue weighted by Crippen LogP contribution is -2.38. The topological polar surface area (TPSA) is 104 Å². The van der Waals surface area contributed by atoms with Crippen molar-refractivity contribution in [3.05, 3.63) is 29.8 Å². The van der Waals surface area contributed by atoms with E-state index in [-0.39, 0.29) is 30.3 Å². The molecule has 1 rings (SSSR count). The first-order chi connectivity index (χ1) is 10.3. The fourth-order valence-corrected chi connectivity index (χ4v) is 2.66. The van der Waals surface area contributed by atoms with Crippen LogP contribution in [0.3, 0.4) is 0 Å². The Morgan fingerprint density at radius 3 is 2.27 bits per heavy atom. The highest BCUT2D eigenvalue weighted by atomic mass is 32.2. The lowest BCUT2D eigenvalue weighted by Gasteiger charge is -2.08. The van der Waals surface area contributed by atoms with Crippen molar-refractivity contribution in [3.8, 4) is 0 Å². The van der Waals surface area contributed by atoms with Gasteiger partial charge in [-0.15, -0.1) is 0 Å². The molecule has 0 aliphatic heterocycles. The van der Waals surface area contributed by atoms with Gasteiger partial charge in [0.25, 0.3) is 0 Å². The van der Waals surface area contributed by atoms with Gasteiger partial charge in [-0.2, -0.15) is 0 Å². The average molecular weight is 327 g/mol. The molecular formula is C14H21N3O4S. The Balaban J connectivity index is 2.38. The van der Waals surface area contributed by atoms with Crippen molar-refractivity contribution in [2.75, 3.05) is 19.6 Å². The minimum Gasteiger partial charge on any atom is -0.355 e. The van der Waals surface area contributed by atoms with E-state index in [2.05, 4.69) is 15.4 Å². The number of aryl methyl sites for hydroxylation is 1. The molecule has 7 nitrogen and oxygen atoms in total. The number of carbonyl (C=O) groups excluding carboxylic acids is 2. The molecule has 0 fully saturated rings. The monoisotopic (exact) mass is 327 g/mol. The van der Waals surface area contributed by atoms with E-state index in [9.17, 15) is 18.0 Å². The average Bonchev–Trinajstić information content (AvgIpc) is 2.46. The van der Waals surface area contributed by atoms with Gasteiger partial charge < -0.3 is 10.6 Å². The van der Waals surface area contributed by atoms with Gasteiger partial charge in [-0.25, -0.2) is 13.1 Å². The van der Waals surface area contributed by atoms with Crippen LogP contribution in [-0.2, 0) is 19.6 Å². The van der Waals surface area contributed by atoms with Gasteiger partial charge >= 0.3 is 0 Å². The van der Waals surface area contributed by atoms with Crippen molar-refractivity contribution in [1.29, 1.82) is 0 Å². The smallest absolute Gasteiger partial charge is 0.240 e. The lowest BCUT2D eigenvalue weighted by atomic mass is 10.2. The molecule has 0 heterocycles. The second-order valence-corrected chi connectivity index (χ2v) is 6.46. The van der Waals surface area contributed by atoms with Crippen LogP contribution in [0.4, 0.5) is 0 Å². The van der Waals surface area contributed by atoms with E-state index in [1.807, 2.05) is 6.92 Å². The van der Waals surface area contributed by atoms with Crippen molar-refractivity contribution in [3.63, 3.8) is 0 Å². The molecule has 0 bridgehead atoms. The second kappa shape index (κ2) is 8.50. The molecule has 0 radical (unpaired) electrons. The fourth-order valence-electron chi connectivity index (χ4n) is 1.63. The summed E-state index contributed by atoms with van der Waals surface area (Å²) >= 11 is 0. The van der Waals surface area contributed by atoms with E-state index >= 15 is 0 Å². The zero-order valence-electron chi connectivity index (χ0n) is 12.7. The minimum atomic E-state index is -3.62. The SMILES string of the molecule is CCNC(=O)CNC(=O)CCNS(=O)(=O)c1ccc(C)cc1. The number of rotatable bonds is 8. The molecule has 122 valence electrons. The third-order valence-corrected chi connectivity index (χ3v) is 4.27. The van der Waals surface area contributed by atoms with E-state index in [0.29, 0.717) is 6.54 Å². The van der Waals surface area contributed by atoms with Gasteiger partial charge in [0.2, 0.25) is 21.8 Å². The summed E-state index contributed by atoms with van der Waals surface area (Å²) in [7, 11) is -3.62. The van der Waals surface area contributed by atoms with E-state index in [0.717, 1.165) is 5.56 Å². The van der Waals surface area contributed by atoms with Gasteiger partial charge in [0, 0.05) is 19.5 Å². The zero-order valence-corrected chi connectivity index (χ0v) is 13.5. The summed E-state index contributed by atoms with van der Waals surface area (Å²) in [6, 6.07) is 6.42. The predicted octanol–water partition coefficient (Wildman–Crippen LogP) is -0.0843. The zero-order chi connectivity index (χ0) is 16.6. The largest absolute Gasteiger partial charge is 0.355 e. The highest BCUT2D eigenvalue weighted by Gasteiger charge is 2.13. The Kier molecular flexibility index (Phi) is 7.00. The number of likely N-dealkylation sites (N-methyl/N-ethyl adjacent to an activating group) is 1. The maximum Gasteiger partial charge on any atom is 0.240 e. The molecule has 0 unspecified atom stereocenters. The Morgan fingerprint density at radius 2 is 1.68 bits per heavy atom. The van der Waals surface area contributed by atoms with Crippen molar-refractivity contribution in [2.45, 2.75) is 25.2 Å². The van der Waals surface area contributed by atoms with E-state index in [1.54, 1.807) is 19.1 Å². The molecule has 0 atom stereocenters. The number of carbonyl (C=O) groups is 2. The molecule has 1 aromatic carbocycles. The van der Waals surface area contributed by atoms with Crippen LogP contribution in [0.25, 0.3) is 0 Å². The quantitative estimate of drug-likeness (QED) is 0.621. The van der Waals surface area contributed by atoms with Crippen molar-refractivity contribution in [1.82, 2.24) is 15.4 Å². The van der Waals surface area contributed by atoms with Crippen molar-refractivity contribution >= 4 is 21.8 Å². The summed E-state index contributed by atoms with van der Waals surface area (Å²) in [6.07, 6.45) is -0.0372. The van der Waals surface area contributed by atoms with Gasteiger partial charge in [0.1, 0.15) is 0 Å². The summed E-state index contributed by atoms with van der Waals surface area (Å²) in [4.78, 5) is 22.8. The van der Waals surface area contributed by atoms with Gasteiger partial charge in [0.05, 0.1) is 11.4 Å². The maximum atomic E-state index is 12.0. The van der Waals surface area contributed by atoms with Crippen LogP contribution in [0.1, 0.15) is 18.9 Å². The Labute approximate surface area is 130 Å². The van der Waals surface area contributed by atoms with Crippen LogP contribution < -0.4 is 15.4 Å². The number of hydrogen-bond acceptors (Lipinski definition) is 4. The predicted molar refractivity (Wildman–Crippen MR) is 82.7 cm³/mol.